The van der Waals surface area contributed by atoms with E-state index in [1.54, 1.807) is 0 Å². The average molecular weight is 409 g/mol. The highest BCUT2D eigenvalue weighted by atomic mass is 35.5. The van der Waals surface area contributed by atoms with Crippen LogP contribution in [-0.2, 0) is 17.0 Å². The molecule has 1 spiro atoms. The number of carbonyl (C=O) groups is 1. The zero-order valence-electron chi connectivity index (χ0n) is 14.9. The van der Waals surface area contributed by atoms with Crippen molar-refractivity contribution in [3.63, 3.8) is 0 Å². The highest BCUT2D eigenvalue weighted by Crippen LogP contribution is 2.60. The smallest absolute Gasteiger partial charge is 0.277 e. The lowest BCUT2D eigenvalue weighted by molar-refractivity contribution is 0.103. The van der Waals surface area contributed by atoms with Gasteiger partial charge in [0, 0.05) is 35.4 Å². The Hall–Kier alpha value is -1.11. The topological polar surface area (TPSA) is 54.9 Å². The van der Waals surface area contributed by atoms with Crippen molar-refractivity contribution in [3.05, 3.63) is 55.5 Å². The maximum absolute atomic E-state index is 13.1. The van der Waals surface area contributed by atoms with Crippen LogP contribution in [0.5, 0.6) is 0 Å². The second-order valence-electron chi connectivity index (χ2n) is 6.78. The summed E-state index contributed by atoms with van der Waals surface area (Å²) in [6.45, 7) is 4.41. The van der Waals surface area contributed by atoms with Crippen molar-refractivity contribution >= 4 is 40.9 Å². The first-order valence-corrected chi connectivity index (χ1v) is 11.3. The first kappa shape index (κ1) is 18.3. The fourth-order valence-electron chi connectivity index (χ4n) is 4.03. The molecule has 138 valence electrons. The van der Waals surface area contributed by atoms with Gasteiger partial charge in [0.15, 0.2) is 0 Å². The van der Waals surface area contributed by atoms with Crippen molar-refractivity contribution in [3.8, 4) is 0 Å². The number of aromatic nitrogens is 2. The Morgan fingerprint density at radius 3 is 2.73 bits per heavy atom. The standard InChI is InChI=1S/C19H21ClN2O2S2/c1-3-22-18(24)14(10-21-22)17(23)13-9-11(2)12-5-4-6-19(15(12)16(13)20)25-7-8-26-19/h9-10,21H,3-8H2,1-2H3. The number of nitrogens with zero attached hydrogens (tertiary/aromatic N) is 1. The molecule has 1 fully saturated rings. The van der Waals surface area contributed by atoms with E-state index in [0.29, 0.717) is 17.1 Å². The highest BCUT2D eigenvalue weighted by molar-refractivity contribution is 8.20. The van der Waals surface area contributed by atoms with Crippen LogP contribution >= 0.6 is 35.1 Å². The van der Waals surface area contributed by atoms with E-state index in [9.17, 15) is 9.59 Å². The maximum atomic E-state index is 13.1. The number of thioether (sulfide) groups is 2. The molecule has 0 amide bonds. The van der Waals surface area contributed by atoms with Crippen LogP contribution in [0.2, 0.25) is 5.02 Å². The van der Waals surface area contributed by atoms with E-state index in [2.05, 4.69) is 12.0 Å². The minimum atomic E-state index is -0.289. The number of fused-ring (bicyclic) bond motifs is 2. The predicted octanol–water partition coefficient (Wildman–Crippen LogP) is 4.36. The van der Waals surface area contributed by atoms with Crippen molar-refractivity contribution in [1.29, 1.82) is 0 Å². The molecule has 4 nitrogen and oxygen atoms in total. The molecule has 4 rings (SSSR count). The molecule has 1 aliphatic heterocycles. The van der Waals surface area contributed by atoms with Crippen molar-refractivity contribution in [2.45, 2.75) is 43.7 Å². The molecule has 1 saturated heterocycles. The van der Waals surface area contributed by atoms with Gasteiger partial charge in [-0.2, -0.15) is 0 Å². The number of aromatic amines is 1. The Kier molecular flexibility index (Phi) is 4.78. The summed E-state index contributed by atoms with van der Waals surface area (Å²) in [6.07, 6.45) is 4.73. The van der Waals surface area contributed by atoms with Gasteiger partial charge in [0.05, 0.1) is 9.10 Å². The molecule has 2 aliphatic rings. The summed E-state index contributed by atoms with van der Waals surface area (Å²) >= 11 is 10.7. The molecule has 1 N–H and O–H groups in total. The number of aryl methyl sites for hydroxylation is 2. The monoisotopic (exact) mass is 408 g/mol. The number of H-pyrrole nitrogens is 1. The summed E-state index contributed by atoms with van der Waals surface area (Å²) in [4.78, 5) is 25.5. The Bertz CT molecular complexity index is 942. The Balaban J connectivity index is 1.88. The van der Waals surface area contributed by atoms with Crippen LogP contribution < -0.4 is 5.56 Å². The third-order valence-corrected chi connectivity index (χ3v) is 9.23. The number of rotatable bonds is 3. The predicted molar refractivity (Wildman–Crippen MR) is 110 cm³/mol. The number of carbonyl (C=O) groups excluding carboxylic acids is 1. The lowest BCUT2D eigenvalue weighted by Gasteiger charge is -2.36. The van der Waals surface area contributed by atoms with E-state index >= 15 is 0 Å². The molecule has 0 unspecified atom stereocenters. The van der Waals surface area contributed by atoms with Gasteiger partial charge in [-0.1, -0.05) is 11.6 Å². The summed E-state index contributed by atoms with van der Waals surface area (Å²) in [5, 5.41) is 3.39. The van der Waals surface area contributed by atoms with Crippen LogP contribution in [0.15, 0.2) is 17.1 Å². The number of hydrogen-bond donors (Lipinski definition) is 1. The second kappa shape index (κ2) is 6.80. The van der Waals surface area contributed by atoms with Crippen LogP contribution in [0.25, 0.3) is 0 Å². The number of benzene rings is 1. The van der Waals surface area contributed by atoms with E-state index in [4.69, 9.17) is 11.6 Å². The summed E-state index contributed by atoms with van der Waals surface area (Å²) in [5.41, 5.74) is 3.85. The number of halogens is 1. The lowest BCUT2D eigenvalue weighted by atomic mass is 9.85. The van der Waals surface area contributed by atoms with Gasteiger partial charge in [-0.3, -0.25) is 14.3 Å². The molecule has 1 aromatic heterocycles. The highest BCUT2D eigenvalue weighted by Gasteiger charge is 2.43. The van der Waals surface area contributed by atoms with Crippen molar-refractivity contribution in [1.82, 2.24) is 9.78 Å². The molecular formula is C19H21ClN2O2S2. The van der Waals surface area contributed by atoms with Gasteiger partial charge in [-0.15, -0.1) is 23.5 Å². The molecule has 0 saturated carbocycles. The largest absolute Gasteiger partial charge is 0.302 e. The average Bonchev–Trinajstić information content (AvgIpc) is 3.24. The lowest BCUT2D eigenvalue weighted by Crippen LogP contribution is -2.26. The SMILES string of the molecule is CCn1[nH]cc(C(=O)c2cc(C)c3c(c2Cl)C2(CCC3)SCCS2)c1=O. The minimum absolute atomic E-state index is 0.0342. The van der Waals surface area contributed by atoms with E-state index in [0.717, 1.165) is 41.9 Å². The van der Waals surface area contributed by atoms with Crippen molar-refractivity contribution in [2.75, 3.05) is 11.5 Å². The first-order valence-electron chi connectivity index (χ1n) is 8.92. The zero-order chi connectivity index (χ0) is 18.5. The molecular weight excluding hydrogens is 388 g/mol. The summed E-state index contributed by atoms with van der Waals surface area (Å²) in [5.74, 6) is 1.93. The van der Waals surface area contributed by atoms with Gasteiger partial charge in [0.2, 0.25) is 5.78 Å². The minimum Gasteiger partial charge on any atom is -0.302 e. The molecule has 0 radical (unpaired) electrons. The second-order valence-corrected chi connectivity index (χ2v) is 10.2. The number of ketones is 1. The molecule has 2 aromatic rings. The van der Waals surface area contributed by atoms with Gasteiger partial charge < -0.3 is 5.10 Å². The molecule has 7 heteroatoms. The fourth-order valence-corrected chi connectivity index (χ4v) is 8.04. The van der Waals surface area contributed by atoms with E-state index in [1.807, 2.05) is 36.5 Å². The summed E-state index contributed by atoms with van der Waals surface area (Å²) in [7, 11) is 0. The van der Waals surface area contributed by atoms with E-state index < -0.39 is 0 Å². The molecule has 26 heavy (non-hydrogen) atoms. The van der Waals surface area contributed by atoms with Crippen LogP contribution in [0.1, 0.15) is 52.4 Å². The Morgan fingerprint density at radius 1 is 1.35 bits per heavy atom. The van der Waals surface area contributed by atoms with Crippen LogP contribution in [0.3, 0.4) is 0 Å². The van der Waals surface area contributed by atoms with Crippen LogP contribution in [-0.4, -0.2) is 27.1 Å². The zero-order valence-corrected chi connectivity index (χ0v) is 17.2. The normalized spacial score (nSPS) is 18.3. The van der Waals surface area contributed by atoms with Gasteiger partial charge >= 0.3 is 0 Å². The summed E-state index contributed by atoms with van der Waals surface area (Å²) < 4.78 is 1.39. The Morgan fingerprint density at radius 2 is 2.08 bits per heavy atom. The number of nitrogens with one attached hydrogen (secondary N) is 1. The molecule has 1 aromatic carbocycles. The summed E-state index contributed by atoms with van der Waals surface area (Å²) in [6, 6.07) is 1.87. The third kappa shape index (κ3) is 2.69. The third-order valence-electron chi connectivity index (χ3n) is 5.31. The van der Waals surface area contributed by atoms with Crippen molar-refractivity contribution in [2.24, 2.45) is 0 Å². The van der Waals surface area contributed by atoms with Crippen LogP contribution in [0.4, 0.5) is 0 Å². The fraction of sp³-hybridized carbons (Fsp3) is 0.474. The molecule has 2 heterocycles. The van der Waals surface area contributed by atoms with Gasteiger partial charge in [0.25, 0.3) is 5.56 Å². The molecule has 1 aliphatic carbocycles. The van der Waals surface area contributed by atoms with Crippen LogP contribution in [0, 0.1) is 6.92 Å². The van der Waals surface area contributed by atoms with Gasteiger partial charge in [-0.25, -0.2) is 0 Å². The van der Waals surface area contributed by atoms with Gasteiger partial charge in [-0.05, 0) is 50.3 Å². The Labute approximate surface area is 166 Å². The number of hydrogen-bond acceptors (Lipinski definition) is 4. The molecule has 0 bridgehead atoms. The quantitative estimate of drug-likeness (QED) is 0.766. The van der Waals surface area contributed by atoms with E-state index in [-0.39, 0.29) is 21.0 Å². The first-order chi connectivity index (χ1) is 12.5. The van der Waals surface area contributed by atoms with E-state index in [1.165, 1.54) is 16.4 Å². The molecule has 0 atom stereocenters. The maximum Gasteiger partial charge on any atom is 0.277 e. The van der Waals surface area contributed by atoms with Crippen molar-refractivity contribution < 1.29 is 4.79 Å². The van der Waals surface area contributed by atoms with Gasteiger partial charge in [0.1, 0.15) is 5.56 Å².